The van der Waals surface area contributed by atoms with Gasteiger partial charge in [-0.3, -0.25) is 4.98 Å². The Hall–Kier alpha value is -2.16. The Balaban J connectivity index is 1.91. The van der Waals surface area contributed by atoms with E-state index in [-0.39, 0.29) is 5.97 Å². The molecule has 1 aliphatic rings. The molecule has 108 valence electrons. The Morgan fingerprint density at radius 3 is 2.95 bits per heavy atom. The van der Waals surface area contributed by atoms with Crippen LogP contribution in [0.3, 0.4) is 0 Å². The second-order valence-corrected chi connectivity index (χ2v) is 5.61. The van der Waals surface area contributed by atoms with E-state index in [1.165, 1.54) is 18.2 Å². The normalized spacial score (nSPS) is 17.1. The van der Waals surface area contributed by atoms with Gasteiger partial charge in [0.05, 0.1) is 12.7 Å². The first kappa shape index (κ1) is 13.8. The number of carbonyl (C=O) groups excluding carboxylic acids is 1. The molecule has 1 aromatic heterocycles. The Labute approximate surface area is 125 Å². The minimum absolute atomic E-state index is 0.231. The van der Waals surface area contributed by atoms with Crippen LogP contribution in [0.15, 0.2) is 36.5 Å². The third-order valence-electron chi connectivity index (χ3n) is 4.28. The molecule has 0 N–H and O–H groups in total. The van der Waals surface area contributed by atoms with Crippen LogP contribution in [0.4, 0.5) is 0 Å². The van der Waals surface area contributed by atoms with Gasteiger partial charge in [0.15, 0.2) is 0 Å². The van der Waals surface area contributed by atoms with Gasteiger partial charge in [0.1, 0.15) is 0 Å². The van der Waals surface area contributed by atoms with Crippen molar-refractivity contribution >= 4 is 5.97 Å². The van der Waals surface area contributed by atoms with Gasteiger partial charge in [-0.2, -0.15) is 0 Å². The predicted octanol–water partition coefficient (Wildman–Crippen LogP) is 3.45. The van der Waals surface area contributed by atoms with E-state index in [9.17, 15) is 4.79 Å². The fraction of sp³-hybridized carbons (Fsp3) is 0.333. The summed E-state index contributed by atoms with van der Waals surface area (Å²) in [7, 11) is 1.44. The topological polar surface area (TPSA) is 39.2 Å². The smallest absolute Gasteiger partial charge is 0.338 e. The second kappa shape index (κ2) is 5.68. The highest BCUT2D eigenvalue weighted by molar-refractivity contribution is 5.91. The average molecular weight is 281 g/mol. The molecule has 21 heavy (non-hydrogen) atoms. The third-order valence-corrected chi connectivity index (χ3v) is 4.28. The molecular formula is C18H19NO2. The lowest BCUT2D eigenvalue weighted by molar-refractivity contribution is 0.0599. The number of fused-ring (bicyclic) bond motifs is 1. The van der Waals surface area contributed by atoms with Crippen molar-refractivity contribution in [3.05, 3.63) is 64.5 Å². The van der Waals surface area contributed by atoms with Gasteiger partial charge in [-0.15, -0.1) is 0 Å². The van der Waals surface area contributed by atoms with Gasteiger partial charge in [0.2, 0.25) is 0 Å². The molecule has 0 aliphatic heterocycles. The van der Waals surface area contributed by atoms with Crippen molar-refractivity contribution in [3.63, 3.8) is 0 Å². The molecule has 3 rings (SSSR count). The maximum absolute atomic E-state index is 11.9. The fourth-order valence-corrected chi connectivity index (χ4v) is 3.21. The van der Waals surface area contributed by atoms with Crippen LogP contribution < -0.4 is 0 Å². The lowest BCUT2D eigenvalue weighted by Crippen LogP contribution is -2.17. The standard InChI is InChI=1S/C18H19NO2/c1-12-10-14(8-9-19-12)13-6-7-16-15(11-13)4-3-5-17(16)18(20)21-2/h3-5,8-10,13H,6-7,11H2,1-2H3. The Morgan fingerprint density at radius 2 is 2.19 bits per heavy atom. The molecule has 0 saturated heterocycles. The van der Waals surface area contributed by atoms with E-state index in [4.69, 9.17) is 4.74 Å². The SMILES string of the molecule is COC(=O)c1cccc2c1CCC(c1ccnc(C)c1)C2. The van der Waals surface area contributed by atoms with Crippen molar-refractivity contribution in [2.75, 3.05) is 7.11 Å². The van der Waals surface area contributed by atoms with Gasteiger partial charge in [0, 0.05) is 11.9 Å². The van der Waals surface area contributed by atoms with Crippen LogP contribution >= 0.6 is 0 Å². The highest BCUT2D eigenvalue weighted by Crippen LogP contribution is 2.34. The van der Waals surface area contributed by atoms with Crippen LogP contribution in [0.2, 0.25) is 0 Å². The van der Waals surface area contributed by atoms with Crippen LogP contribution in [0.5, 0.6) is 0 Å². The lowest BCUT2D eigenvalue weighted by Gasteiger charge is -2.26. The molecule has 1 atom stereocenters. The van der Waals surface area contributed by atoms with E-state index in [1.54, 1.807) is 0 Å². The number of ether oxygens (including phenoxy) is 1. The lowest BCUT2D eigenvalue weighted by atomic mass is 9.79. The minimum atomic E-state index is -0.231. The summed E-state index contributed by atoms with van der Waals surface area (Å²) < 4.78 is 4.88. The highest BCUT2D eigenvalue weighted by atomic mass is 16.5. The van der Waals surface area contributed by atoms with Crippen molar-refractivity contribution in [1.82, 2.24) is 4.98 Å². The van der Waals surface area contributed by atoms with Gasteiger partial charge in [-0.25, -0.2) is 4.79 Å². The zero-order valence-corrected chi connectivity index (χ0v) is 12.4. The van der Waals surface area contributed by atoms with Crippen LogP contribution in [0, 0.1) is 6.92 Å². The number of rotatable bonds is 2. The van der Waals surface area contributed by atoms with E-state index in [0.717, 1.165) is 36.1 Å². The molecule has 3 heteroatoms. The molecule has 0 spiro atoms. The minimum Gasteiger partial charge on any atom is -0.465 e. The second-order valence-electron chi connectivity index (χ2n) is 5.61. The van der Waals surface area contributed by atoms with Gasteiger partial charge >= 0.3 is 5.97 Å². The summed E-state index contributed by atoms with van der Waals surface area (Å²) >= 11 is 0. The number of pyridine rings is 1. The number of nitrogens with zero attached hydrogens (tertiary/aromatic N) is 1. The number of hydrogen-bond donors (Lipinski definition) is 0. The molecule has 0 saturated carbocycles. The molecular weight excluding hydrogens is 262 g/mol. The third kappa shape index (κ3) is 2.68. The van der Waals surface area contributed by atoms with Crippen molar-refractivity contribution in [2.45, 2.75) is 32.1 Å². The molecule has 1 unspecified atom stereocenters. The van der Waals surface area contributed by atoms with Crippen molar-refractivity contribution in [1.29, 1.82) is 0 Å². The van der Waals surface area contributed by atoms with Crippen LogP contribution in [0.1, 0.15) is 45.1 Å². The molecule has 0 amide bonds. The number of aryl methyl sites for hydroxylation is 1. The first-order chi connectivity index (χ1) is 10.2. The molecule has 1 heterocycles. The summed E-state index contributed by atoms with van der Waals surface area (Å²) in [5.41, 5.74) is 5.55. The number of hydrogen-bond acceptors (Lipinski definition) is 3. The maximum atomic E-state index is 11.9. The number of benzene rings is 1. The van der Waals surface area contributed by atoms with E-state index < -0.39 is 0 Å². The summed E-state index contributed by atoms with van der Waals surface area (Å²) in [6.07, 6.45) is 4.84. The summed E-state index contributed by atoms with van der Waals surface area (Å²) in [5.74, 6) is 0.275. The van der Waals surface area contributed by atoms with E-state index in [2.05, 4.69) is 23.2 Å². The Bertz CT molecular complexity index is 679. The summed E-state index contributed by atoms with van der Waals surface area (Å²) in [6.45, 7) is 2.02. The molecule has 2 aromatic rings. The van der Waals surface area contributed by atoms with Crippen molar-refractivity contribution in [2.24, 2.45) is 0 Å². The van der Waals surface area contributed by atoms with Gasteiger partial charge < -0.3 is 4.74 Å². The average Bonchev–Trinajstić information content (AvgIpc) is 2.53. The van der Waals surface area contributed by atoms with Crippen LogP contribution in [-0.2, 0) is 17.6 Å². The first-order valence-electron chi connectivity index (χ1n) is 7.30. The van der Waals surface area contributed by atoms with Crippen LogP contribution in [-0.4, -0.2) is 18.1 Å². The largest absolute Gasteiger partial charge is 0.465 e. The summed E-state index contributed by atoms with van der Waals surface area (Å²) in [4.78, 5) is 16.1. The van der Waals surface area contributed by atoms with Gasteiger partial charge in [-0.05, 0) is 67.0 Å². The van der Waals surface area contributed by atoms with E-state index >= 15 is 0 Å². The Kier molecular flexibility index (Phi) is 3.74. The number of esters is 1. The molecule has 1 aromatic carbocycles. The molecule has 1 aliphatic carbocycles. The van der Waals surface area contributed by atoms with Crippen molar-refractivity contribution < 1.29 is 9.53 Å². The number of methoxy groups -OCH3 is 1. The monoisotopic (exact) mass is 281 g/mol. The number of carbonyl (C=O) groups is 1. The number of aromatic nitrogens is 1. The van der Waals surface area contributed by atoms with Crippen LogP contribution in [0.25, 0.3) is 0 Å². The molecule has 0 fully saturated rings. The zero-order valence-electron chi connectivity index (χ0n) is 12.4. The fourth-order valence-electron chi connectivity index (χ4n) is 3.21. The predicted molar refractivity (Wildman–Crippen MR) is 81.5 cm³/mol. The molecule has 0 radical (unpaired) electrons. The molecule has 3 nitrogen and oxygen atoms in total. The van der Waals surface area contributed by atoms with Crippen molar-refractivity contribution in [3.8, 4) is 0 Å². The van der Waals surface area contributed by atoms with E-state index in [1.807, 2.05) is 25.3 Å². The first-order valence-corrected chi connectivity index (χ1v) is 7.30. The summed E-state index contributed by atoms with van der Waals surface area (Å²) in [6, 6.07) is 10.2. The Morgan fingerprint density at radius 1 is 1.33 bits per heavy atom. The zero-order chi connectivity index (χ0) is 14.8. The summed E-state index contributed by atoms with van der Waals surface area (Å²) in [5, 5.41) is 0. The highest BCUT2D eigenvalue weighted by Gasteiger charge is 2.24. The van der Waals surface area contributed by atoms with Gasteiger partial charge in [-0.1, -0.05) is 12.1 Å². The quantitative estimate of drug-likeness (QED) is 0.791. The van der Waals surface area contributed by atoms with Gasteiger partial charge in [0.25, 0.3) is 0 Å². The van der Waals surface area contributed by atoms with E-state index in [0.29, 0.717) is 5.92 Å². The molecule has 0 bridgehead atoms. The maximum Gasteiger partial charge on any atom is 0.338 e.